The average Bonchev–Trinajstić information content (AvgIpc) is 2.64. The molecule has 0 aliphatic rings. The Bertz CT molecular complexity index is 587. The fourth-order valence-electron chi connectivity index (χ4n) is 2.12. The van der Waals surface area contributed by atoms with Gasteiger partial charge < -0.3 is 9.67 Å². The fourth-order valence-corrected chi connectivity index (χ4v) is 2.27. The number of nitrogens with zero attached hydrogens (tertiary/aromatic N) is 1. The van der Waals surface area contributed by atoms with Crippen LogP contribution in [0.1, 0.15) is 22.8 Å². The van der Waals surface area contributed by atoms with Gasteiger partial charge in [0.25, 0.3) is 0 Å². The molecular formula is C13H14ClNO2. The molecule has 0 bridgehead atoms. The first-order valence-electron chi connectivity index (χ1n) is 5.46. The van der Waals surface area contributed by atoms with Gasteiger partial charge in [-0.3, -0.25) is 4.79 Å². The molecule has 0 aliphatic carbocycles. The summed E-state index contributed by atoms with van der Waals surface area (Å²) < 4.78 is 1.88. The van der Waals surface area contributed by atoms with Crippen LogP contribution in [0.3, 0.4) is 0 Å². The Kier molecular flexibility index (Phi) is 3.22. The van der Waals surface area contributed by atoms with E-state index in [9.17, 15) is 4.79 Å². The third-order valence-electron chi connectivity index (χ3n) is 2.95. The SMILES string of the molecule is CC(=O)c1cn(CCO)c2c(C)c(Cl)ccc12. The number of ketones is 1. The minimum atomic E-state index is 0.0217. The van der Waals surface area contributed by atoms with E-state index in [0.717, 1.165) is 16.5 Å². The lowest BCUT2D eigenvalue weighted by Crippen LogP contribution is -2.01. The predicted octanol–water partition coefficient (Wildman–Crippen LogP) is 2.80. The normalized spacial score (nSPS) is 11.1. The van der Waals surface area contributed by atoms with Gasteiger partial charge in [0.15, 0.2) is 5.78 Å². The Labute approximate surface area is 105 Å². The number of benzene rings is 1. The van der Waals surface area contributed by atoms with Gasteiger partial charge in [-0.2, -0.15) is 0 Å². The smallest absolute Gasteiger partial charge is 0.161 e. The first kappa shape index (κ1) is 12.1. The van der Waals surface area contributed by atoms with Crippen molar-refractivity contribution in [1.29, 1.82) is 0 Å². The zero-order valence-corrected chi connectivity index (χ0v) is 10.6. The molecule has 0 fully saturated rings. The van der Waals surface area contributed by atoms with E-state index >= 15 is 0 Å². The summed E-state index contributed by atoms with van der Waals surface area (Å²) in [6.45, 7) is 3.96. The van der Waals surface area contributed by atoms with Crippen molar-refractivity contribution in [2.45, 2.75) is 20.4 Å². The number of aromatic nitrogens is 1. The molecule has 0 spiro atoms. The summed E-state index contributed by atoms with van der Waals surface area (Å²) in [5.74, 6) is 0.0217. The topological polar surface area (TPSA) is 42.2 Å². The lowest BCUT2D eigenvalue weighted by atomic mass is 10.1. The molecule has 2 rings (SSSR count). The summed E-state index contributed by atoms with van der Waals surface area (Å²) in [4.78, 5) is 11.6. The van der Waals surface area contributed by atoms with Crippen molar-refractivity contribution in [2.75, 3.05) is 6.61 Å². The first-order chi connectivity index (χ1) is 8.06. The number of Topliss-reactive ketones (excluding diaryl/α,β-unsaturated/α-hetero) is 1. The first-order valence-corrected chi connectivity index (χ1v) is 5.83. The van der Waals surface area contributed by atoms with Crippen LogP contribution in [0.25, 0.3) is 10.9 Å². The molecule has 0 saturated carbocycles. The maximum Gasteiger partial charge on any atom is 0.161 e. The predicted molar refractivity (Wildman–Crippen MR) is 68.8 cm³/mol. The highest BCUT2D eigenvalue weighted by atomic mass is 35.5. The van der Waals surface area contributed by atoms with E-state index in [-0.39, 0.29) is 12.4 Å². The number of carbonyl (C=O) groups excluding carboxylic acids is 1. The number of aliphatic hydroxyl groups is 1. The molecular weight excluding hydrogens is 238 g/mol. The lowest BCUT2D eigenvalue weighted by Gasteiger charge is -2.06. The molecule has 0 atom stereocenters. The van der Waals surface area contributed by atoms with Crippen molar-refractivity contribution in [1.82, 2.24) is 4.57 Å². The minimum Gasteiger partial charge on any atom is -0.395 e. The zero-order chi connectivity index (χ0) is 12.6. The van der Waals surface area contributed by atoms with Gasteiger partial charge in [0.2, 0.25) is 0 Å². The molecule has 17 heavy (non-hydrogen) atoms. The van der Waals surface area contributed by atoms with Crippen LogP contribution in [0.5, 0.6) is 0 Å². The van der Waals surface area contributed by atoms with Gasteiger partial charge in [-0.25, -0.2) is 0 Å². The summed E-state index contributed by atoms with van der Waals surface area (Å²) in [6, 6.07) is 3.66. The quantitative estimate of drug-likeness (QED) is 0.853. The van der Waals surface area contributed by atoms with Gasteiger partial charge in [-0.15, -0.1) is 0 Å². The molecule has 3 nitrogen and oxygen atoms in total. The second kappa shape index (κ2) is 4.51. The summed E-state index contributed by atoms with van der Waals surface area (Å²) in [7, 11) is 0. The summed E-state index contributed by atoms with van der Waals surface area (Å²) in [5.41, 5.74) is 2.54. The third-order valence-corrected chi connectivity index (χ3v) is 3.36. The van der Waals surface area contributed by atoms with E-state index in [1.54, 1.807) is 19.2 Å². The van der Waals surface area contributed by atoms with Crippen LogP contribution in [0.15, 0.2) is 18.3 Å². The number of carbonyl (C=O) groups is 1. The molecule has 1 heterocycles. The number of hydrogen-bond donors (Lipinski definition) is 1. The molecule has 4 heteroatoms. The van der Waals surface area contributed by atoms with Crippen molar-refractivity contribution in [3.05, 3.63) is 34.5 Å². The van der Waals surface area contributed by atoms with Gasteiger partial charge in [0.1, 0.15) is 0 Å². The largest absolute Gasteiger partial charge is 0.395 e. The second-order valence-electron chi connectivity index (χ2n) is 4.08. The molecule has 1 aromatic heterocycles. The molecule has 0 amide bonds. The van der Waals surface area contributed by atoms with Gasteiger partial charge in [-0.05, 0) is 25.5 Å². The Morgan fingerprint density at radius 3 is 2.76 bits per heavy atom. The van der Waals surface area contributed by atoms with Gasteiger partial charge >= 0.3 is 0 Å². The lowest BCUT2D eigenvalue weighted by molar-refractivity contribution is 0.101. The number of hydrogen-bond acceptors (Lipinski definition) is 2. The maximum atomic E-state index is 11.6. The molecule has 0 radical (unpaired) electrons. The Morgan fingerprint density at radius 2 is 2.18 bits per heavy atom. The number of fused-ring (bicyclic) bond motifs is 1. The van der Waals surface area contributed by atoms with Crippen LogP contribution in [-0.4, -0.2) is 22.1 Å². The fraction of sp³-hybridized carbons (Fsp3) is 0.308. The van der Waals surface area contributed by atoms with E-state index in [4.69, 9.17) is 16.7 Å². The Morgan fingerprint density at radius 1 is 1.47 bits per heavy atom. The van der Waals surface area contributed by atoms with Crippen molar-refractivity contribution >= 4 is 28.3 Å². The standard InChI is InChI=1S/C13H14ClNO2/c1-8-12(14)4-3-10-11(9(2)17)7-15(5-6-16)13(8)10/h3-4,7,16H,5-6H2,1-2H3. The van der Waals surface area contributed by atoms with E-state index in [1.807, 2.05) is 17.6 Å². The molecule has 0 aliphatic heterocycles. The van der Waals surface area contributed by atoms with Crippen LogP contribution in [-0.2, 0) is 6.54 Å². The Balaban J connectivity index is 2.81. The molecule has 0 unspecified atom stereocenters. The highest BCUT2D eigenvalue weighted by Crippen LogP contribution is 2.29. The monoisotopic (exact) mass is 251 g/mol. The summed E-state index contributed by atoms with van der Waals surface area (Å²) in [5, 5.41) is 10.6. The summed E-state index contributed by atoms with van der Waals surface area (Å²) >= 11 is 6.09. The average molecular weight is 252 g/mol. The zero-order valence-electron chi connectivity index (χ0n) is 9.83. The van der Waals surface area contributed by atoms with Gasteiger partial charge in [0.05, 0.1) is 12.1 Å². The number of rotatable bonds is 3. The van der Waals surface area contributed by atoms with Crippen molar-refractivity contribution in [2.24, 2.45) is 0 Å². The van der Waals surface area contributed by atoms with Crippen molar-refractivity contribution in [3.8, 4) is 0 Å². The number of aryl methyl sites for hydroxylation is 1. The molecule has 1 aromatic carbocycles. The molecule has 90 valence electrons. The number of halogens is 1. The van der Waals surface area contributed by atoms with E-state index in [1.165, 1.54) is 0 Å². The molecule has 0 saturated heterocycles. The third kappa shape index (κ3) is 1.96. The van der Waals surface area contributed by atoms with Crippen molar-refractivity contribution in [3.63, 3.8) is 0 Å². The van der Waals surface area contributed by atoms with Crippen LogP contribution < -0.4 is 0 Å². The second-order valence-corrected chi connectivity index (χ2v) is 4.49. The summed E-state index contributed by atoms with van der Waals surface area (Å²) in [6.07, 6.45) is 1.78. The molecule has 1 N–H and O–H groups in total. The van der Waals surface area contributed by atoms with Crippen LogP contribution in [0, 0.1) is 6.92 Å². The minimum absolute atomic E-state index is 0.0217. The van der Waals surface area contributed by atoms with E-state index < -0.39 is 0 Å². The van der Waals surface area contributed by atoms with Gasteiger partial charge in [0, 0.05) is 28.7 Å². The van der Waals surface area contributed by atoms with E-state index in [2.05, 4.69) is 0 Å². The van der Waals surface area contributed by atoms with Crippen LogP contribution in [0.2, 0.25) is 5.02 Å². The highest BCUT2D eigenvalue weighted by molar-refractivity contribution is 6.32. The number of aliphatic hydroxyl groups excluding tert-OH is 1. The van der Waals surface area contributed by atoms with Crippen LogP contribution >= 0.6 is 11.6 Å². The van der Waals surface area contributed by atoms with Crippen LogP contribution in [0.4, 0.5) is 0 Å². The van der Waals surface area contributed by atoms with Gasteiger partial charge in [-0.1, -0.05) is 17.7 Å². The van der Waals surface area contributed by atoms with Crippen molar-refractivity contribution < 1.29 is 9.90 Å². The van der Waals surface area contributed by atoms with E-state index in [0.29, 0.717) is 17.1 Å². The highest BCUT2D eigenvalue weighted by Gasteiger charge is 2.14. The maximum absolute atomic E-state index is 11.6. The molecule has 2 aromatic rings. The Hall–Kier alpha value is -1.32.